The van der Waals surface area contributed by atoms with Gasteiger partial charge in [0.05, 0.1) is 17.0 Å². The van der Waals surface area contributed by atoms with Gasteiger partial charge in [0.1, 0.15) is 5.69 Å². The first-order chi connectivity index (χ1) is 11.8. The summed E-state index contributed by atoms with van der Waals surface area (Å²) in [5.74, 6) is -2.09. The highest BCUT2D eigenvalue weighted by Gasteiger charge is 2.42. The van der Waals surface area contributed by atoms with E-state index in [0.717, 1.165) is 28.4 Å². The summed E-state index contributed by atoms with van der Waals surface area (Å²) < 4.78 is 39.6. The third kappa shape index (κ3) is 3.21. The van der Waals surface area contributed by atoms with Crippen LogP contribution >= 0.6 is 0 Å². The first-order valence-corrected chi connectivity index (χ1v) is 7.08. The van der Waals surface area contributed by atoms with E-state index in [0.29, 0.717) is 0 Å². The van der Waals surface area contributed by atoms with Crippen molar-refractivity contribution < 1.29 is 22.9 Å². The first kappa shape index (κ1) is 16.6. The lowest BCUT2D eigenvalue weighted by Crippen LogP contribution is -2.23. The number of fused-ring (bicyclic) bond motifs is 1. The predicted octanol–water partition coefficient (Wildman–Crippen LogP) is 3.74. The van der Waals surface area contributed by atoms with Crippen LogP contribution in [-0.4, -0.2) is 26.7 Å². The van der Waals surface area contributed by atoms with E-state index in [1.807, 2.05) is 0 Å². The summed E-state index contributed by atoms with van der Waals surface area (Å²) in [6.07, 6.45) is -5.08. The zero-order valence-corrected chi connectivity index (χ0v) is 12.5. The van der Waals surface area contributed by atoms with Gasteiger partial charge in [-0.15, -0.1) is 0 Å². The number of hydrogen-bond donors (Lipinski definition) is 0. The van der Waals surface area contributed by atoms with E-state index in [2.05, 4.69) is 5.10 Å². The molecule has 1 heterocycles. The lowest BCUT2D eigenvalue weighted by atomic mass is 10.1. The van der Waals surface area contributed by atoms with Crippen molar-refractivity contribution in [3.63, 3.8) is 0 Å². The minimum Gasteiger partial charge on any atom is -0.282 e. The van der Waals surface area contributed by atoms with Gasteiger partial charge in [0, 0.05) is 17.5 Å². The van der Waals surface area contributed by atoms with Gasteiger partial charge in [0.15, 0.2) is 0 Å². The van der Waals surface area contributed by atoms with Crippen LogP contribution in [0.5, 0.6) is 0 Å². The molecule has 0 spiro atoms. The van der Waals surface area contributed by atoms with Crippen LogP contribution in [0.25, 0.3) is 10.9 Å². The maximum atomic E-state index is 12.8. The molecule has 0 aliphatic heterocycles. The number of carbonyl (C=O) groups excluding carboxylic acids is 1. The van der Waals surface area contributed by atoms with Crippen LogP contribution in [0.1, 0.15) is 16.1 Å². The Morgan fingerprint density at radius 3 is 2.44 bits per heavy atom. The third-order valence-electron chi connectivity index (χ3n) is 3.59. The number of hydrogen-bond acceptors (Lipinski definition) is 4. The molecule has 2 aromatic carbocycles. The Labute approximate surface area is 138 Å². The molecule has 0 fully saturated rings. The second-order valence-electron chi connectivity index (χ2n) is 5.28. The molecule has 128 valence electrons. The summed E-state index contributed by atoms with van der Waals surface area (Å²) >= 11 is 0. The maximum absolute atomic E-state index is 12.8. The Bertz CT molecular complexity index is 965. The molecule has 9 heteroatoms. The van der Waals surface area contributed by atoms with Gasteiger partial charge in [-0.05, 0) is 11.6 Å². The van der Waals surface area contributed by atoms with Crippen molar-refractivity contribution in [2.45, 2.75) is 12.7 Å². The number of nitrogens with zero attached hydrogens (tertiary/aromatic N) is 3. The second-order valence-corrected chi connectivity index (χ2v) is 5.28. The average Bonchev–Trinajstić information content (AvgIpc) is 2.92. The standard InChI is InChI=1S/C16H10F3N3O3/c17-16(18,19)15(23)14-12-7-6-11(22(24)25)8-13(12)21(20-14)9-10-4-2-1-3-5-10/h1-8H,9H2. The summed E-state index contributed by atoms with van der Waals surface area (Å²) in [6, 6.07) is 12.0. The predicted molar refractivity (Wildman–Crippen MR) is 82.3 cm³/mol. The summed E-state index contributed by atoms with van der Waals surface area (Å²) in [4.78, 5) is 21.9. The number of non-ortho nitro benzene ring substituents is 1. The number of ketones is 1. The molecule has 0 radical (unpaired) electrons. The molecule has 0 aliphatic rings. The summed E-state index contributed by atoms with van der Waals surface area (Å²) in [7, 11) is 0. The van der Waals surface area contributed by atoms with Crippen molar-refractivity contribution in [1.82, 2.24) is 9.78 Å². The van der Waals surface area contributed by atoms with Crippen LogP contribution in [0.2, 0.25) is 0 Å². The quantitative estimate of drug-likeness (QED) is 0.408. The number of carbonyl (C=O) groups is 1. The smallest absolute Gasteiger partial charge is 0.282 e. The SMILES string of the molecule is O=C(c1nn(Cc2ccccc2)c2cc([N+](=O)[O-])ccc12)C(F)(F)F. The van der Waals surface area contributed by atoms with Crippen molar-refractivity contribution >= 4 is 22.4 Å². The Morgan fingerprint density at radius 2 is 1.84 bits per heavy atom. The summed E-state index contributed by atoms with van der Waals surface area (Å²) in [5, 5.41) is 14.6. The normalized spacial score (nSPS) is 11.6. The highest BCUT2D eigenvalue weighted by molar-refractivity contribution is 6.09. The largest absolute Gasteiger partial charge is 0.456 e. The Kier molecular flexibility index (Phi) is 3.99. The topological polar surface area (TPSA) is 78.0 Å². The number of halogens is 3. The highest BCUT2D eigenvalue weighted by atomic mass is 19.4. The fraction of sp³-hybridized carbons (Fsp3) is 0.125. The highest BCUT2D eigenvalue weighted by Crippen LogP contribution is 2.29. The number of nitro groups is 1. The molecular formula is C16H10F3N3O3. The lowest BCUT2D eigenvalue weighted by molar-refractivity contribution is -0.384. The molecule has 25 heavy (non-hydrogen) atoms. The lowest BCUT2D eigenvalue weighted by Gasteiger charge is -2.03. The monoisotopic (exact) mass is 349 g/mol. The third-order valence-corrected chi connectivity index (χ3v) is 3.59. The molecule has 0 unspecified atom stereocenters. The zero-order valence-electron chi connectivity index (χ0n) is 12.5. The maximum Gasteiger partial charge on any atom is 0.456 e. The van der Waals surface area contributed by atoms with Gasteiger partial charge in [-0.2, -0.15) is 18.3 Å². The van der Waals surface area contributed by atoms with Gasteiger partial charge in [-0.1, -0.05) is 30.3 Å². The van der Waals surface area contributed by atoms with E-state index in [9.17, 15) is 28.1 Å². The molecule has 0 saturated carbocycles. The van der Waals surface area contributed by atoms with Gasteiger partial charge in [-0.3, -0.25) is 19.6 Å². The Morgan fingerprint density at radius 1 is 1.16 bits per heavy atom. The summed E-state index contributed by atoms with van der Waals surface area (Å²) in [6.45, 7) is 0.0731. The van der Waals surface area contributed by atoms with Crippen LogP contribution in [0.3, 0.4) is 0 Å². The number of Topliss-reactive ketones (excluding diaryl/α,β-unsaturated/α-hetero) is 1. The molecule has 0 atom stereocenters. The molecule has 0 amide bonds. The first-order valence-electron chi connectivity index (χ1n) is 7.08. The Balaban J connectivity index is 2.18. The van der Waals surface area contributed by atoms with Crippen molar-refractivity contribution in [3.05, 3.63) is 69.9 Å². The van der Waals surface area contributed by atoms with Crippen LogP contribution in [0.4, 0.5) is 18.9 Å². The molecule has 3 rings (SSSR count). The molecule has 0 bridgehead atoms. The number of benzene rings is 2. The molecule has 6 nitrogen and oxygen atoms in total. The molecule has 0 aliphatic carbocycles. The van der Waals surface area contributed by atoms with Crippen LogP contribution in [0.15, 0.2) is 48.5 Å². The minimum absolute atomic E-state index is 0.0731. The van der Waals surface area contributed by atoms with Gasteiger partial charge >= 0.3 is 6.18 Å². The summed E-state index contributed by atoms with van der Waals surface area (Å²) in [5.41, 5.74) is -0.254. The average molecular weight is 349 g/mol. The second kappa shape index (κ2) is 6.00. The van der Waals surface area contributed by atoms with E-state index in [-0.39, 0.29) is 23.1 Å². The zero-order chi connectivity index (χ0) is 18.2. The van der Waals surface area contributed by atoms with Crippen molar-refractivity contribution in [1.29, 1.82) is 0 Å². The fourth-order valence-electron chi connectivity index (χ4n) is 2.45. The fourth-order valence-corrected chi connectivity index (χ4v) is 2.45. The number of nitro benzene ring substituents is 1. The van der Waals surface area contributed by atoms with Gasteiger partial charge < -0.3 is 0 Å². The van der Waals surface area contributed by atoms with Crippen LogP contribution < -0.4 is 0 Å². The molecule has 0 N–H and O–H groups in total. The van der Waals surface area contributed by atoms with Crippen LogP contribution in [-0.2, 0) is 6.54 Å². The van der Waals surface area contributed by atoms with Gasteiger partial charge in [0.2, 0.25) is 0 Å². The van der Waals surface area contributed by atoms with E-state index in [1.165, 1.54) is 0 Å². The van der Waals surface area contributed by atoms with Crippen molar-refractivity contribution in [3.8, 4) is 0 Å². The number of rotatable bonds is 4. The van der Waals surface area contributed by atoms with E-state index in [1.54, 1.807) is 30.3 Å². The van der Waals surface area contributed by atoms with E-state index >= 15 is 0 Å². The molecule has 3 aromatic rings. The minimum atomic E-state index is -5.08. The van der Waals surface area contributed by atoms with E-state index in [4.69, 9.17) is 0 Å². The van der Waals surface area contributed by atoms with Crippen molar-refractivity contribution in [2.24, 2.45) is 0 Å². The molecule has 1 aromatic heterocycles. The van der Waals surface area contributed by atoms with Crippen molar-refractivity contribution in [2.75, 3.05) is 0 Å². The van der Waals surface area contributed by atoms with Gasteiger partial charge in [0.25, 0.3) is 11.5 Å². The van der Waals surface area contributed by atoms with E-state index < -0.39 is 22.6 Å². The van der Waals surface area contributed by atoms with Gasteiger partial charge in [-0.25, -0.2) is 0 Å². The molecular weight excluding hydrogens is 339 g/mol. The number of aromatic nitrogens is 2. The van der Waals surface area contributed by atoms with Crippen LogP contribution in [0, 0.1) is 10.1 Å². The molecule has 0 saturated heterocycles. The Hall–Kier alpha value is -3.23. The number of alkyl halides is 3.